The van der Waals surface area contributed by atoms with Gasteiger partial charge in [0.25, 0.3) is 0 Å². The monoisotopic (exact) mass is 296 g/mol. The quantitative estimate of drug-likeness (QED) is 0.723. The third-order valence-corrected chi connectivity index (χ3v) is 7.05. The average molecular weight is 296 g/mol. The molecule has 0 aliphatic heterocycles. The number of hydrogen-bond acceptors (Lipinski definition) is 3. The second kappa shape index (κ2) is 7.36. The van der Waals surface area contributed by atoms with E-state index < -0.39 is 8.80 Å². The largest absolute Gasteiger partial charge is 0.537 e. The summed E-state index contributed by atoms with van der Waals surface area (Å²) in [6, 6.07) is 2.20. The van der Waals surface area contributed by atoms with Crippen molar-refractivity contribution in [2.45, 2.75) is 48.5 Å². The first kappa shape index (κ1) is 17.4. The molecule has 0 aromatic heterocycles. The fourth-order valence-electron chi connectivity index (χ4n) is 2.67. The molecule has 1 aromatic carbocycles. The van der Waals surface area contributed by atoms with Crippen molar-refractivity contribution >= 4 is 14.0 Å². The van der Waals surface area contributed by atoms with Crippen LogP contribution in [0.3, 0.4) is 0 Å². The van der Waals surface area contributed by atoms with Crippen molar-refractivity contribution in [3.8, 4) is 0 Å². The van der Waals surface area contributed by atoms with Crippen LogP contribution < -0.4 is 5.19 Å². The molecule has 114 valence electrons. The Kier molecular flexibility index (Phi) is 6.39. The van der Waals surface area contributed by atoms with Crippen molar-refractivity contribution in [2.24, 2.45) is 0 Å². The summed E-state index contributed by atoms with van der Waals surface area (Å²) in [5, 5.41) is 1.14. The Labute approximate surface area is 124 Å². The fourth-order valence-corrected chi connectivity index (χ4v) is 5.69. The predicted molar refractivity (Wildman–Crippen MR) is 85.7 cm³/mol. The Morgan fingerprint density at radius 3 is 1.60 bits per heavy atom. The standard InChI is InChI=1S/C16H28O3Si/c1-8-17-20(18-9-2,19-10-3)16-13(5)11-12(4)14(6)15(16)7/h11H,8-10H2,1-7H3. The molecule has 0 bridgehead atoms. The second-order valence-electron chi connectivity index (χ2n) is 4.99. The van der Waals surface area contributed by atoms with E-state index in [1.165, 1.54) is 22.3 Å². The van der Waals surface area contributed by atoms with Crippen LogP contribution in [0.4, 0.5) is 0 Å². The molecule has 0 fully saturated rings. The summed E-state index contributed by atoms with van der Waals surface area (Å²) >= 11 is 0. The molecule has 0 saturated heterocycles. The van der Waals surface area contributed by atoms with Gasteiger partial charge in [0.15, 0.2) is 0 Å². The van der Waals surface area contributed by atoms with Crippen molar-refractivity contribution in [2.75, 3.05) is 19.8 Å². The molecule has 3 nitrogen and oxygen atoms in total. The molecule has 4 heteroatoms. The van der Waals surface area contributed by atoms with E-state index in [2.05, 4.69) is 33.8 Å². The first-order chi connectivity index (χ1) is 9.43. The summed E-state index contributed by atoms with van der Waals surface area (Å²) in [6.45, 7) is 16.3. The molecule has 0 aliphatic rings. The Hall–Kier alpha value is -0.683. The van der Waals surface area contributed by atoms with E-state index in [0.717, 1.165) is 5.19 Å². The van der Waals surface area contributed by atoms with Crippen molar-refractivity contribution in [3.05, 3.63) is 28.3 Å². The minimum atomic E-state index is -2.82. The minimum Gasteiger partial charge on any atom is -0.370 e. The normalized spacial score (nSPS) is 11.9. The molecule has 0 amide bonds. The van der Waals surface area contributed by atoms with E-state index in [1.807, 2.05) is 20.8 Å². The zero-order chi connectivity index (χ0) is 15.3. The van der Waals surface area contributed by atoms with Crippen LogP contribution in [-0.2, 0) is 13.3 Å². The van der Waals surface area contributed by atoms with E-state index in [1.54, 1.807) is 0 Å². The molecule has 20 heavy (non-hydrogen) atoms. The van der Waals surface area contributed by atoms with Gasteiger partial charge in [-0.25, -0.2) is 0 Å². The fraction of sp³-hybridized carbons (Fsp3) is 0.625. The van der Waals surface area contributed by atoms with Crippen molar-refractivity contribution in [1.82, 2.24) is 0 Å². The van der Waals surface area contributed by atoms with E-state index in [0.29, 0.717) is 19.8 Å². The number of hydrogen-bond donors (Lipinski definition) is 0. The maximum absolute atomic E-state index is 6.05. The second-order valence-corrected chi connectivity index (χ2v) is 7.47. The van der Waals surface area contributed by atoms with Gasteiger partial charge in [0.1, 0.15) is 0 Å². The molecule has 0 N–H and O–H groups in total. The maximum Gasteiger partial charge on any atom is 0.537 e. The van der Waals surface area contributed by atoms with Crippen LogP contribution in [0.5, 0.6) is 0 Å². The van der Waals surface area contributed by atoms with Gasteiger partial charge in [0.05, 0.1) is 0 Å². The van der Waals surface area contributed by atoms with Gasteiger partial charge < -0.3 is 13.3 Å². The molecule has 0 atom stereocenters. The van der Waals surface area contributed by atoms with Gasteiger partial charge in [-0.05, 0) is 70.7 Å². The third kappa shape index (κ3) is 3.31. The lowest BCUT2D eigenvalue weighted by Crippen LogP contribution is -2.59. The van der Waals surface area contributed by atoms with Crippen molar-refractivity contribution in [1.29, 1.82) is 0 Å². The summed E-state index contributed by atoms with van der Waals surface area (Å²) in [4.78, 5) is 0. The zero-order valence-electron chi connectivity index (χ0n) is 13.9. The van der Waals surface area contributed by atoms with E-state index in [-0.39, 0.29) is 0 Å². The molecule has 0 radical (unpaired) electrons. The van der Waals surface area contributed by atoms with E-state index >= 15 is 0 Å². The van der Waals surface area contributed by atoms with Gasteiger partial charge in [0.2, 0.25) is 0 Å². The van der Waals surface area contributed by atoms with Gasteiger partial charge >= 0.3 is 8.80 Å². The molecular weight excluding hydrogens is 268 g/mol. The molecule has 1 rings (SSSR count). The highest BCUT2D eigenvalue weighted by molar-refractivity contribution is 6.76. The third-order valence-electron chi connectivity index (χ3n) is 3.67. The number of benzene rings is 1. The molecule has 0 aliphatic carbocycles. The van der Waals surface area contributed by atoms with Gasteiger partial charge in [-0.15, -0.1) is 0 Å². The van der Waals surface area contributed by atoms with E-state index in [4.69, 9.17) is 13.3 Å². The molecule has 0 heterocycles. The summed E-state index contributed by atoms with van der Waals surface area (Å²) in [5.41, 5.74) is 5.04. The van der Waals surface area contributed by atoms with Crippen LogP contribution in [-0.4, -0.2) is 28.6 Å². The van der Waals surface area contributed by atoms with Crippen LogP contribution in [0.1, 0.15) is 43.0 Å². The van der Waals surface area contributed by atoms with Crippen molar-refractivity contribution < 1.29 is 13.3 Å². The molecule has 0 unspecified atom stereocenters. The Morgan fingerprint density at radius 1 is 0.750 bits per heavy atom. The van der Waals surface area contributed by atoms with Crippen LogP contribution in [0, 0.1) is 27.7 Å². The smallest absolute Gasteiger partial charge is 0.370 e. The molecule has 0 spiro atoms. The van der Waals surface area contributed by atoms with Gasteiger partial charge in [-0.1, -0.05) is 6.07 Å². The highest BCUT2D eigenvalue weighted by Crippen LogP contribution is 2.20. The first-order valence-corrected chi connectivity index (χ1v) is 9.15. The lowest BCUT2D eigenvalue weighted by atomic mass is 10.0. The minimum absolute atomic E-state index is 0.595. The SMILES string of the molecule is CCO[Si](OCC)(OCC)c1c(C)cc(C)c(C)c1C. The highest BCUT2D eigenvalue weighted by atomic mass is 28.4. The van der Waals surface area contributed by atoms with E-state index in [9.17, 15) is 0 Å². The summed E-state index contributed by atoms with van der Waals surface area (Å²) in [7, 11) is -2.82. The summed E-state index contributed by atoms with van der Waals surface area (Å²) in [5.74, 6) is 0. The highest BCUT2D eigenvalue weighted by Gasteiger charge is 2.45. The summed E-state index contributed by atoms with van der Waals surface area (Å²) in [6.07, 6.45) is 0. The van der Waals surface area contributed by atoms with Crippen molar-refractivity contribution in [3.63, 3.8) is 0 Å². The number of rotatable bonds is 7. The van der Waals surface area contributed by atoms with Gasteiger partial charge in [0, 0.05) is 25.0 Å². The zero-order valence-corrected chi connectivity index (χ0v) is 14.9. The van der Waals surface area contributed by atoms with Crippen LogP contribution in [0.25, 0.3) is 0 Å². The Bertz CT molecular complexity index is 441. The number of aryl methyl sites for hydroxylation is 2. The lowest BCUT2D eigenvalue weighted by Gasteiger charge is -2.32. The van der Waals surface area contributed by atoms with Gasteiger partial charge in [-0.2, -0.15) is 0 Å². The predicted octanol–water partition coefficient (Wildman–Crippen LogP) is 3.18. The van der Waals surface area contributed by atoms with Gasteiger partial charge in [-0.3, -0.25) is 0 Å². The molecule has 0 saturated carbocycles. The van der Waals surface area contributed by atoms with Crippen LogP contribution in [0.15, 0.2) is 6.07 Å². The summed E-state index contributed by atoms with van der Waals surface area (Å²) < 4.78 is 18.1. The Morgan fingerprint density at radius 2 is 1.20 bits per heavy atom. The first-order valence-electron chi connectivity index (χ1n) is 7.43. The topological polar surface area (TPSA) is 27.7 Å². The average Bonchev–Trinajstić information content (AvgIpc) is 2.37. The maximum atomic E-state index is 6.05. The molecule has 1 aromatic rings. The van der Waals surface area contributed by atoms with Crippen LogP contribution in [0.2, 0.25) is 0 Å². The Balaban J connectivity index is 3.50. The van der Waals surface area contributed by atoms with Crippen LogP contribution >= 0.6 is 0 Å². The lowest BCUT2D eigenvalue weighted by molar-refractivity contribution is 0.0856. The molecular formula is C16H28O3Si.